The van der Waals surface area contributed by atoms with Gasteiger partial charge in [-0.2, -0.15) is 9.78 Å². The molecule has 2 aromatic heterocycles. The Bertz CT molecular complexity index is 1040. The first-order valence-electron chi connectivity index (χ1n) is 8.15. The lowest BCUT2D eigenvalue weighted by atomic mass is 10.3. The number of rotatable bonds is 6. The number of benzene rings is 1. The molecule has 1 fully saturated rings. The largest absolute Gasteiger partial charge is 0.379 e. The standard InChI is InChI=1S/C17H17N7OS/c1-26(25)23-13-4-2-3-12(7-13)21-16-8-15(20-11-5-6-11)17-19-10-14(9-18)24(17)22-16/h2-4,7-8,10-11,20,23H,5-6H2,1H3,(H,21,22). The summed E-state index contributed by atoms with van der Waals surface area (Å²) in [5.41, 5.74) is 3.39. The van der Waals surface area contributed by atoms with Crippen LogP contribution in [0.2, 0.25) is 0 Å². The maximum Gasteiger partial charge on any atom is 0.178 e. The van der Waals surface area contributed by atoms with Gasteiger partial charge in [-0.05, 0) is 31.0 Å². The van der Waals surface area contributed by atoms with Crippen molar-refractivity contribution in [3.05, 3.63) is 42.2 Å². The van der Waals surface area contributed by atoms with Crippen molar-refractivity contribution in [3.63, 3.8) is 0 Å². The van der Waals surface area contributed by atoms with E-state index in [0.717, 1.165) is 29.9 Å². The minimum Gasteiger partial charge on any atom is -0.379 e. The number of nitrogens with one attached hydrogen (secondary N) is 3. The lowest BCUT2D eigenvalue weighted by Gasteiger charge is -2.12. The van der Waals surface area contributed by atoms with E-state index in [1.165, 1.54) is 10.7 Å². The molecule has 3 N–H and O–H groups in total. The van der Waals surface area contributed by atoms with Gasteiger partial charge < -0.3 is 15.4 Å². The van der Waals surface area contributed by atoms with Crippen molar-refractivity contribution in [2.75, 3.05) is 21.6 Å². The smallest absolute Gasteiger partial charge is 0.178 e. The molecule has 0 spiro atoms. The molecule has 1 saturated carbocycles. The number of aromatic nitrogens is 3. The zero-order valence-corrected chi connectivity index (χ0v) is 14.9. The van der Waals surface area contributed by atoms with Gasteiger partial charge in [0.2, 0.25) is 0 Å². The quantitative estimate of drug-likeness (QED) is 0.618. The van der Waals surface area contributed by atoms with Crippen LogP contribution in [-0.4, -0.2) is 31.1 Å². The molecule has 0 amide bonds. The number of nitrogens with zero attached hydrogens (tertiary/aromatic N) is 4. The third kappa shape index (κ3) is 3.45. The van der Waals surface area contributed by atoms with Gasteiger partial charge in [-0.3, -0.25) is 0 Å². The molecule has 1 atom stereocenters. The predicted octanol–water partition coefficient (Wildman–Crippen LogP) is 2.62. The summed E-state index contributed by atoms with van der Waals surface area (Å²) in [4.78, 5) is 4.31. The Balaban J connectivity index is 1.69. The van der Waals surface area contributed by atoms with E-state index in [-0.39, 0.29) is 0 Å². The van der Waals surface area contributed by atoms with Crippen molar-refractivity contribution in [3.8, 4) is 6.07 Å². The van der Waals surface area contributed by atoms with E-state index >= 15 is 0 Å². The second kappa shape index (κ2) is 6.65. The molecule has 2 heterocycles. The summed E-state index contributed by atoms with van der Waals surface area (Å²) in [7, 11) is -1.14. The number of hydrogen-bond donors (Lipinski definition) is 3. The zero-order valence-electron chi connectivity index (χ0n) is 14.1. The maximum atomic E-state index is 11.3. The monoisotopic (exact) mass is 367 g/mol. The molecule has 1 unspecified atom stereocenters. The van der Waals surface area contributed by atoms with Crippen LogP contribution >= 0.6 is 0 Å². The summed E-state index contributed by atoms with van der Waals surface area (Å²) >= 11 is 0. The fraction of sp³-hybridized carbons (Fsp3) is 0.235. The molecule has 0 aliphatic heterocycles. The highest BCUT2D eigenvalue weighted by Crippen LogP contribution is 2.29. The van der Waals surface area contributed by atoms with Gasteiger partial charge >= 0.3 is 0 Å². The molecule has 8 nitrogen and oxygen atoms in total. The lowest BCUT2D eigenvalue weighted by Crippen LogP contribution is -2.08. The summed E-state index contributed by atoms with van der Waals surface area (Å²) in [5, 5.41) is 20.4. The molecule has 0 saturated heterocycles. The second-order valence-corrected chi connectivity index (χ2v) is 7.23. The Morgan fingerprint density at radius 1 is 1.31 bits per heavy atom. The third-order valence-corrected chi connectivity index (χ3v) is 4.44. The molecule has 1 aliphatic rings. The topological polar surface area (TPSA) is 107 Å². The second-order valence-electron chi connectivity index (χ2n) is 6.11. The molecule has 0 radical (unpaired) electrons. The van der Waals surface area contributed by atoms with Crippen molar-refractivity contribution in [2.45, 2.75) is 18.9 Å². The van der Waals surface area contributed by atoms with Crippen LogP contribution in [0, 0.1) is 11.3 Å². The van der Waals surface area contributed by atoms with Crippen LogP contribution in [-0.2, 0) is 11.0 Å². The van der Waals surface area contributed by atoms with Crippen LogP contribution < -0.4 is 15.4 Å². The van der Waals surface area contributed by atoms with Gasteiger partial charge in [-0.1, -0.05) is 6.07 Å². The molecular weight excluding hydrogens is 350 g/mol. The highest BCUT2D eigenvalue weighted by atomic mass is 32.2. The number of nitriles is 1. The van der Waals surface area contributed by atoms with Gasteiger partial charge in [0.15, 0.2) is 17.2 Å². The average molecular weight is 367 g/mol. The molecule has 4 rings (SSSR count). The van der Waals surface area contributed by atoms with E-state index in [9.17, 15) is 9.47 Å². The van der Waals surface area contributed by atoms with Crippen molar-refractivity contribution >= 4 is 39.5 Å². The summed E-state index contributed by atoms with van der Waals surface area (Å²) in [5.74, 6) is 0.588. The van der Waals surface area contributed by atoms with E-state index in [0.29, 0.717) is 23.2 Å². The maximum absolute atomic E-state index is 11.3. The van der Waals surface area contributed by atoms with Gasteiger partial charge in [-0.15, -0.1) is 5.10 Å². The first-order chi connectivity index (χ1) is 12.6. The van der Waals surface area contributed by atoms with Crippen molar-refractivity contribution in [1.29, 1.82) is 5.26 Å². The van der Waals surface area contributed by atoms with Gasteiger partial charge in [0.1, 0.15) is 17.1 Å². The number of hydrogen-bond acceptors (Lipinski definition) is 6. The van der Waals surface area contributed by atoms with Gasteiger partial charge in [0.25, 0.3) is 0 Å². The highest BCUT2D eigenvalue weighted by molar-refractivity contribution is 7.85. The van der Waals surface area contributed by atoms with Gasteiger partial charge in [0, 0.05) is 29.7 Å². The Kier molecular flexibility index (Phi) is 4.18. The molecule has 0 bridgehead atoms. The van der Waals surface area contributed by atoms with E-state index in [1.807, 2.05) is 30.3 Å². The third-order valence-electron chi connectivity index (χ3n) is 3.92. The summed E-state index contributed by atoms with van der Waals surface area (Å²) in [6.45, 7) is 0. The summed E-state index contributed by atoms with van der Waals surface area (Å²) in [6, 6.07) is 11.9. The normalized spacial score (nSPS) is 14.6. The van der Waals surface area contributed by atoms with Crippen LogP contribution in [0.15, 0.2) is 36.5 Å². The minimum absolute atomic E-state index is 0.374. The number of imidazole rings is 1. The lowest BCUT2D eigenvalue weighted by molar-refractivity contribution is 0.690. The van der Waals surface area contributed by atoms with Crippen LogP contribution in [0.4, 0.5) is 22.9 Å². The van der Waals surface area contributed by atoms with E-state index in [4.69, 9.17) is 0 Å². The molecular formula is C17H17N7OS. The van der Waals surface area contributed by atoms with Crippen molar-refractivity contribution in [1.82, 2.24) is 14.6 Å². The number of anilines is 4. The van der Waals surface area contributed by atoms with E-state index in [1.54, 1.807) is 6.26 Å². The molecule has 132 valence electrons. The molecule has 1 aliphatic carbocycles. The van der Waals surface area contributed by atoms with Crippen molar-refractivity contribution < 1.29 is 4.21 Å². The first kappa shape index (κ1) is 16.4. The fourth-order valence-electron chi connectivity index (χ4n) is 2.63. The zero-order chi connectivity index (χ0) is 18.1. The summed E-state index contributed by atoms with van der Waals surface area (Å²) < 4.78 is 15.7. The Labute approximate surface area is 152 Å². The molecule has 3 aromatic rings. The molecule has 26 heavy (non-hydrogen) atoms. The Hall–Kier alpha value is -3.12. The van der Waals surface area contributed by atoms with E-state index < -0.39 is 11.0 Å². The number of fused-ring (bicyclic) bond motifs is 1. The first-order valence-corrected chi connectivity index (χ1v) is 9.71. The molecule has 9 heteroatoms. The van der Waals surface area contributed by atoms with Crippen molar-refractivity contribution in [2.24, 2.45) is 0 Å². The van der Waals surface area contributed by atoms with Crippen LogP contribution in [0.3, 0.4) is 0 Å². The highest BCUT2D eigenvalue weighted by Gasteiger charge is 2.23. The van der Waals surface area contributed by atoms with Gasteiger partial charge in [-0.25, -0.2) is 9.19 Å². The Morgan fingerprint density at radius 3 is 2.85 bits per heavy atom. The average Bonchev–Trinajstić information content (AvgIpc) is 3.31. The van der Waals surface area contributed by atoms with E-state index in [2.05, 4.69) is 31.5 Å². The van der Waals surface area contributed by atoms with Crippen LogP contribution in [0.5, 0.6) is 0 Å². The minimum atomic E-state index is -1.14. The SMILES string of the molecule is CS(=O)Nc1cccc(Nc2cc(NC3CC3)c3ncc(C#N)n3n2)c1. The van der Waals surface area contributed by atoms with Gasteiger partial charge in [0.05, 0.1) is 11.9 Å². The Morgan fingerprint density at radius 2 is 2.12 bits per heavy atom. The predicted molar refractivity (Wildman–Crippen MR) is 102 cm³/mol. The van der Waals surface area contributed by atoms with Crippen LogP contribution in [0.1, 0.15) is 18.5 Å². The fourth-order valence-corrected chi connectivity index (χ4v) is 3.09. The molecule has 1 aromatic carbocycles. The summed E-state index contributed by atoms with van der Waals surface area (Å²) in [6.07, 6.45) is 5.36. The van der Waals surface area contributed by atoms with Crippen LogP contribution in [0.25, 0.3) is 5.65 Å².